The molecule has 0 saturated carbocycles. The smallest absolute Gasteiger partial charge is 0.262 e. The first-order valence-electron chi connectivity index (χ1n) is 14.7. The zero-order valence-corrected chi connectivity index (χ0v) is 26.1. The van der Waals surface area contributed by atoms with Crippen molar-refractivity contribution in [2.24, 2.45) is 0 Å². The largest absolute Gasteiger partial charge is 0.496 e. The monoisotopic (exact) mass is 638 g/mol. The normalized spacial score (nSPS) is 18.2. The summed E-state index contributed by atoms with van der Waals surface area (Å²) in [6.45, 7) is 4.17. The van der Waals surface area contributed by atoms with Gasteiger partial charge in [-0.05, 0) is 60.9 Å². The minimum Gasteiger partial charge on any atom is -0.496 e. The van der Waals surface area contributed by atoms with Crippen LogP contribution in [0.25, 0.3) is 0 Å². The van der Waals surface area contributed by atoms with Gasteiger partial charge in [0.1, 0.15) is 12.0 Å². The first-order valence-corrected chi connectivity index (χ1v) is 15.5. The molecule has 232 valence electrons. The maximum atomic E-state index is 14.1. The van der Waals surface area contributed by atoms with E-state index in [1.165, 1.54) is 7.11 Å². The number of anilines is 2. The van der Waals surface area contributed by atoms with E-state index in [0.29, 0.717) is 64.2 Å². The van der Waals surface area contributed by atoms with Gasteiger partial charge in [-0.1, -0.05) is 35.3 Å². The summed E-state index contributed by atoms with van der Waals surface area (Å²) in [5.74, 6) is -0.460. The van der Waals surface area contributed by atoms with E-state index in [1.807, 2.05) is 12.1 Å². The summed E-state index contributed by atoms with van der Waals surface area (Å²) >= 11 is 12.7. The molecular formula is C33H36Cl2N4O5. The third-order valence-electron chi connectivity index (χ3n) is 8.43. The number of hydrogen-bond acceptors (Lipinski definition) is 7. The SMILES string of the molecule is COc1cc(NC(=O)c2ccccc2Cl)ccc1C(=O)N1CCCC(C(C=O)N2CCN(CCO)CC2)c2cc(Cl)ccc21. The van der Waals surface area contributed by atoms with E-state index in [0.717, 1.165) is 38.0 Å². The molecule has 3 aromatic carbocycles. The molecule has 0 radical (unpaired) electrons. The molecule has 2 N–H and O–H groups in total. The van der Waals surface area contributed by atoms with Crippen molar-refractivity contribution in [2.75, 3.05) is 63.2 Å². The standard InChI is InChI=1S/C33H36Cl2N4O5/c1-44-31-20-23(36-32(42)25-5-2-3-7-28(25)35)9-10-26(31)33(43)39-12-4-6-24(27-19-22(34)8-11-29(27)39)30(21-41)38-15-13-37(14-16-38)17-18-40/h2-3,5,7-11,19-21,24,30,40H,4,6,12-18H2,1H3,(H,36,42). The Morgan fingerprint density at radius 3 is 2.50 bits per heavy atom. The minimum absolute atomic E-state index is 0.111. The van der Waals surface area contributed by atoms with Crippen LogP contribution in [0.2, 0.25) is 10.0 Å². The van der Waals surface area contributed by atoms with Gasteiger partial charge in [0.15, 0.2) is 0 Å². The zero-order chi connectivity index (χ0) is 31.2. The fraction of sp³-hybridized carbons (Fsp3) is 0.364. The Hall–Kier alpha value is -3.47. The summed E-state index contributed by atoms with van der Waals surface area (Å²) in [6, 6.07) is 16.8. The van der Waals surface area contributed by atoms with Crippen molar-refractivity contribution in [3.05, 3.63) is 87.4 Å². The highest BCUT2D eigenvalue weighted by atomic mass is 35.5. The van der Waals surface area contributed by atoms with E-state index >= 15 is 0 Å². The maximum absolute atomic E-state index is 14.1. The number of aliphatic hydroxyl groups excluding tert-OH is 1. The summed E-state index contributed by atoms with van der Waals surface area (Å²) < 4.78 is 5.61. The van der Waals surface area contributed by atoms with Gasteiger partial charge in [0.05, 0.1) is 35.9 Å². The number of aldehydes is 1. The maximum Gasteiger partial charge on any atom is 0.262 e. The fourth-order valence-electron chi connectivity index (χ4n) is 6.18. The number of β-amino-alcohol motifs (C(OH)–C–C–N with tert-alkyl or cyclic N) is 1. The van der Waals surface area contributed by atoms with Crippen molar-refractivity contribution in [3.8, 4) is 5.75 Å². The molecule has 0 aliphatic carbocycles. The summed E-state index contributed by atoms with van der Waals surface area (Å²) in [5, 5.41) is 13.0. The first kappa shape index (κ1) is 31.9. The molecule has 2 atom stereocenters. The number of methoxy groups -OCH3 is 1. The van der Waals surface area contributed by atoms with E-state index in [4.69, 9.17) is 27.9 Å². The van der Waals surface area contributed by atoms with Gasteiger partial charge in [-0.3, -0.25) is 19.4 Å². The number of ether oxygens (including phenoxy) is 1. The van der Waals surface area contributed by atoms with Gasteiger partial charge in [-0.25, -0.2) is 0 Å². The molecule has 2 amide bonds. The predicted octanol–water partition coefficient (Wildman–Crippen LogP) is 4.96. The Morgan fingerprint density at radius 2 is 1.80 bits per heavy atom. The molecule has 2 aliphatic heterocycles. The molecule has 0 aromatic heterocycles. The van der Waals surface area contributed by atoms with Crippen molar-refractivity contribution >= 4 is 52.7 Å². The van der Waals surface area contributed by atoms with Crippen molar-refractivity contribution in [1.29, 1.82) is 0 Å². The van der Waals surface area contributed by atoms with Gasteiger partial charge in [-0.2, -0.15) is 0 Å². The second-order valence-corrected chi connectivity index (χ2v) is 11.8. The molecule has 0 bridgehead atoms. The Balaban J connectivity index is 1.41. The average molecular weight is 640 g/mol. The van der Waals surface area contributed by atoms with Crippen molar-refractivity contribution < 1.29 is 24.2 Å². The van der Waals surface area contributed by atoms with Gasteiger partial charge in [0.25, 0.3) is 11.8 Å². The van der Waals surface area contributed by atoms with Crippen LogP contribution in [-0.2, 0) is 4.79 Å². The van der Waals surface area contributed by atoms with Crippen LogP contribution in [0, 0.1) is 0 Å². The van der Waals surface area contributed by atoms with E-state index in [1.54, 1.807) is 53.4 Å². The quantitative estimate of drug-likeness (QED) is 0.320. The lowest BCUT2D eigenvalue weighted by Gasteiger charge is -2.40. The number of fused-ring (bicyclic) bond motifs is 1. The molecule has 2 unspecified atom stereocenters. The number of nitrogens with zero attached hydrogens (tertiary/aromatic N) is 3. The number of piperazine rings is 1. The number of carbonyl (C=O) groups is 3. The minimum atomic E-state index is -0.374. The van der Waals surface area contributed by atoms with E-state index in [9.17, 15) is 19.5 Å². The van der Waals surface area contributed by atoms with Crippen molar-refractivity contribution in [1.82, 2.24) is 9.80 Å². The van der Waals surface area contributed by atoms with Crippen LogP contribution in [0.3, 0.4) is 0 Å². The number of amides is 2. The molecule has 11 heteroatoms. The van der Waals surface area contributed by atoms with Crippen LogP contribution < -0.4 is 15.0 Å². The molecule has 9 nitrogen and oxygen atoms in total. The Kier molecular flexibility index (Phi) is 10.6. The van der Waals surface area contributed by atoms with Gasteiger partial charge < -0.3 is 24.9 Å². The molecule has 3 aromatic rings. The van der Waals surface area contributed by atoms with Crippen LogP contribution in [0.1, 0.15) is 45.0 Å². The summed E-state index contributed by atoms with van der Waals surface area (Å²) in [7, 11) is 1.48. The molecule has 1 saturated heterocycles. The molecule has 44 heavy (non-hydrogen) atoms. The van der Waals surface area contributed by atoms with Gasteiger partial charge >= 0.3 is 0 Å². The van der Waals surface area contributed by atoms with Crippen LogP contribution in [0.4, 0.5) is 11.4 Å². The summed E-state index contributed by atoms with van der Waals surface area (Å²) in [5.41, 5.74) is 2.71. The Bertz CT molecular complexity index is 1510. The van der Waals surface area contributed by atoms with Crippen LogP contribution in [0.15, 0.2) is 60.7 Å². The molecule has 2 heterocycles. The number of rotatable bonds is 9. The number of carbonyl (C=O) groups excluding carboxylic acids is 3. The van der Waals surface area contributed by atoms with E-state index in [-0.39, 0.29) is 30.4 Å². The predicted molar refractivity (Wildman–Crippen MR) is 172 cm³/mol. The summed E-state index contributed by atoms with van der Waals surface area (Å²) in [4.78, 5) is 45.7. The second kappa shape index (κ2) is 14.5. The Morgan fingerprint density at radius 1 is 1.02 bits per heavy atom. The van der Waals surface area contributed by atoms with Gasteiger partial charge in [0, 0.05) is 67.7 Å². The summed E-state index contributed by atoms with van der Waals surface area (Å²) in [6.07, 6.45) is 2.42. The highest BCUT2D eigenvalue weighted by Gasteiger charge is 2.36. The fourth-order valence-corrected chi connectivity index (χ4v) is 6.58. The molecule has 1 fully saturated rings. The lowest BCUT2D eigenvalue weighted by Crippen LogP contribution is -2.52. The first-order chi connectivity index (χ1) is 21.3. The van der Waals surface area contributed by atoms with E-state index < -0.39 is 0 Å². The number of aliphatic hydroxyl groups is 1. The van der Waals surface area contributed by atoms with Gasteiger partial charge in [0.2, 0.25) is 0 Å². The lowest BCUT2D eigenvalue weighted by atomic mass is 9.86. The second-order valence-electron chi connectivity index (χ2n) is 11.0. The zero-order valence-electron chi connectivity index (χ0n) is 24.5. The van der Waals surface area contributed by atoms with E-state index in [2.05, 4.69) is 15.1 Å². The van der Waals surface area contributed by atoms with Gasteiger partial charge in [-0.15, -0.1) is 0 Å². The lowest BCUT2D eigenvalue weighted by molar-refractivity contribution is -0.114. The topological polar surface area (TPSA) is 102 Å². The Labute approximate surface area is 267 Å². The molecule has 5 rings (SSSR count). The molecular weight excluding hydrogens is 603 g/mol. The highest BCUT2D eigenvalue weighted by Crippen LogP contribution is 2.40. The molecule has 0 spiro atoms. The third kappa shape index (κ3) is 6.92. The van der Waals surface area contributed by atoms with Crippen LogP contribution in [-0.4, -0.2) is 92.0 Å². The number of nitrogens with one attached hydrogen (secondary N) is 1. The highest BCUT2D eigenvalue weighted by molar-refractivity contribution is 6.34. The molecule has 2 aliphatic rings. The van der Waals surface area contributed by atoms with Crippen molar-refractivity contribution in [3.63, 3.8) is 0 Å². The average Bonchev–Trinajstić information content (AvgIpc) is 3.21. The number of benzene rings is 3. The third-order valence-corrected chi connectivity index (χ3v) is 8.99. The van der Waals surface area contributed by atoms with Crippen molar-refractivity contribution in [2.45, 2.75) is 24.8 Å². The van der Waals surface area contributed by atoms with Crippen LogP contribution >= 0.6 is 23.2 Å². The van der Waals surface area contributed by atoms with Crippen LogP contribution in [0.5, 0.6) is 5.75 Å². The number of halogens is 2. The number of hydrogen-bond donors (Lipinski definition) is 2.